The average molecular weight is 307 g/mol. The molecule has 5 heteroatoms. The van der Waals surface area contributed by atoms with Crippen molar-refractivity contribution in [3.05, 3.63) is 72.6 Å². The Hall–Kier alpha value is -3.21. The number of nitrogens with zero attached hydrogens (tertiary/aromatic N) is 1. The van der Waals surface area contributed by atoms with Gasteiger partial charge >= 0.3 is 6.03 Å². The van der Waals surface area contributed by atoms with Gasteiger partial charge in [-0.25, -0.2) is 4.79 Å². The molecule has 5 nitrogen and oxygen atoms in total. The van der Waals surface area contributed by atoms with Crippen molar-refractivity contribution in [1.29, 1.82) is 0 Å². The van der Waals surface area contributed by atoms with E-state index in [1.807, 2.05) is 66.3 Å². The van der Waals surface area contributed by atoms with Gasteiger partial charge in [0.15, 0.2) is 0 Å². The molecule has 0 aliphatic rings. The Morgan fingerprint density at radius 1 is 1.00 bits per heavy atom. The predicted octanol–water partition coefficient (Wildman–Crippen LogP) is 4.14. The summed E-state index contributed by atoms with van der Waals surface area (Å²) in [7, 11) is 0. The lowest BCUT2D eigenvalue weighted by molar-refractivity contribution is 0.262. The highest BCUT2D eigenvalue weighted by molar-refractivity contribution is 6.00. The summed E-state index contributed by atoms with van der Waals surface area (Å²) >= 11 is 0. The maximum Gasteiger partial charge on any atom is 0.323 e. The fourth-order valence-electron chi connectivity index (χ4n) is 2.26. The van der Waals surface area contributed by atoms with Crippen molar-refractivity contribution in [3.8, 4) is 11.4 Å². The number of hydrogen-bond acceptors (Lipinski definition) is 2. The number of nitrogens with one attached hydrogen (secondary N) is 2. The first-order valence-electron chi connectivity index (χ1n) is 7.23. The molecular formula is C18H17N3O2. The zero-order valence-corrected chi connectivity index (χ0v) is 12.7. The Kier molecular flexibility index (Phi) is 4.01. The first kappa shape index (κ1) is 14.7. The standard InChI is InChI=1S/C18H17N3O2/c1-13-4-9-16(17(22)12-13)20-18(23)19-14-5-7-15(8-6-14)21-10-2-3-11-21/h2-12,22H,1H3,(H2,19,20,23). The SMILES string of the molecule is Cc1ccc(NC(=O)Nc2ccc(-n3cccc3)cc2)c(O)c1. The van der Waals surface area contributed by atoms with Gasteiger partial charge in [0.25, 0.3) is 0 Å². The summed E-state index contributed by atoms with van der Waals surface area (Å²) in [5, 5.41) is 15.2. The van der Waals surface area contributed by atoms with E-state index in [4.69, 9.17) is 0 Å². The molecule has 0 fully saturated rings. The van der Waals surface area contributed by atoms with Crippen LogP contribution in [0.4, 0.5) is 16.2 Å². The number of benzene rings is 2. The van der Waals surface area contributed by atoms with Crippen LogP contribution in [0.25, 0.3) is 5.69 Å². The number of carbonyl (C=O) groups excluding carboxylic acids is 1. The normalized spacial score (nSPS) is 10.3. The Bertz CT molecular complexity index is 809. The molecule has 23 heavy (non-hydrogen) atoms. The van der Waals surface area contributed by atoms with Gasteiger partial charge in [-0.1, -0.05) is 6.07 Å². The van der Waals surface area contributed by atoms with Crippen molar-refractivity contribution >= 4 is 17.4 Å². The van der Waals surface area contributed by atoms with Crippen molar-refractivity contribution in [2.45, 2.75) is 6.92 Å². The molecule has 0 aliphatic heterocycles. The number of phenolic OH excluding ortho intramolecular Hbond substituents is 1. The smallest absolute Gasteiger partial charge is 0.323 e. The molecule has 1 heterocycles. The summed E-state index contributed by atoms with van der Waals surface area (Å²) in [6.45, 7) is 1.87. The fourth-order valence-corrected chi connectivity index (χ4v) is 2.26. The maximum absolute atomic E-state index is 12.0. The van der Waals surface area contributed by atoms with E-state index >= 15 is 0 Å². The topological polar surface area (TPSA) is 66.3 Å². The zero-order chi connectivity index (χ0) is 16.2. The van der Waals surface area contributed by atoms with Gasteiger partial charge in [-0.3, -0.25) is 0 Å². The Labute approximate surface area is 134 Å². The van der Waals surface area contributed by atoms with E-state index < -0.39 is 6.03 Å². The van der Waals surface area contributed by atoms with Crippen LogP contribution in [0, 0.1) is 6.92 Å². The number of carbonyl (C=O) groups is 1. The molecule has 0 aliphatic carbocycles. The van der Waals surface area contributed by atoms with Crippen LogP contribution in [0.1, 0.15) is 5.56 Å². The lowest BCUT2D eigenvalue weighted by Crippen LogP contribution is -2.19. The average Bonchev–Trinajstić information content (AvgIpc) is 3.05. The lowest BCUT2D eigenvalue weighted by atomic mass is 10.2. The molecule has 1 aromatic heterocycles. The van der Waals surface area contributed by atoms with Crippen molar-refractivity contribution in [1.82, 2.24) is 4.57 Å². The van der Waals surface area contributed by atoms with E-state index in [0.717, 1.165) is 11.3 Å². The number of rotatable bonds is 3. The van der Waals surface area contributed by atoms with Crippen LogP contribution in [-0.2, 0) is 0 Å². The number of anilines is 2. The summed E-state index contributed by atoms with van der Waals surface area (Å²) in [5.74, 6) is 0.0445. The van der Waals surface area contributed by atoms with E-state index in [1.54, 1.807) is 12.1 Å². The third-order valence-corrected chi connectivity index (χ3v) is 3.43. The molecule has 116 valence electrons. The summed E-state index contributed by atoms with van der Waals surface area (Å²) in [6.07, 6.45) is 3.91. The molecule has 0 atom stereocenters. The summed E-state index contributed by atoms with van der Waals surface area (Å²) in [6, 6.07) is 16.1. The number of aryl methyl sites for hydroxylation is 1. The summed E-state index contributed by atoms with van der Waals surface area (Å²) in [4.78, 5) is 12.0. The van der Waals surface area contributed by atoms with E-state index in [2.05, 4.69) is 10.6 Å². The minimum Gasteiger partial charge on any atom is -0.506 e. The monoisotopic (exact) mass is 307 g/mol. The lowest BCUT2D eigenvalue weighted by Gasteiger charge is -2.10. The van der Waals surface area contributed by atoms with Crippen LogP contribution in [-0.4, -0.2) is 15.7 Å². The highest BCUT2D eigenvalue weighted by Gasteiger charge is 2.06. The van der Waals surface area contributed by atoms with Crippen LogP contribution in [0.3, 0.4) is 0 Å². The van der Waals surface area contributed by atoms with Crippen LogP contribution >= 0.6 is 0 Å². The second-order valence-corrected chi connectivity index (χ2v) is 5.24. The minimum absolute atomic E-state index is 0.0445. The van der Waals surface area contributed by atoms with Crippen molar-refractivity contribution in [2.24, 2.45) is 0 Å². The predicted molar refractivity (Wildman–Crippen MR) is 91.3 cm³/mol. The number of hydrogen-bond donors (Lipinski definition) is 3. The van der Waals surface area contributed by atoms with Gasteiger partial charge in [0.1, 0.15) is 5.75 Å². The fraction of sp³-hybridized carbons (Fsp3) is 0.0556. The molecule has 0 unspecified atom stereocenters. The molecule has 3 N–H and O–H groups in total. The minimum atomic E-state index is -0.405. The third kappa shape index (κ3) is 3.52. The van der Waals surface area contributed by atoms with E-state index in [9.17, 15) is 9.90 Å². The number of aromatic hydroxyl groups is 1. The largest absolute Gasteiger partial charge is 0.506 e. The van der Waals surface area contributed by atoms with Crippen LogP contribution < -0.4 is 10.6 Å². The zero-order valence-electron chi connectivity index (χ0n) is 12.7. The van der Waals surface area contributed by atoms with E-state index in [0.29, 0.717) is 11.4 Å². The second kappa shape index (κ2) is 6.27. The molecule has 3 rings (SSSR count). The quantitative estimate of drug-likeness (QED) is 0.637. The van der Waals surface area contributed by atoms with Gasteiger partial charge in [0.2, 0.25) is 0 Å². The summed E-state index contributed by atoms with van der Waals surface area (Å²) < 4.78 is 1.98. The van der Waals surface area contributed by atoms with Crippen molar-refractivity contribution in [2.75, 3.05) is 10.6 Å². The molecule has 0 saturated carbocycles. The molecule has 2 amide bonds. The Morgan fingerprint density at radius 2 is 1.70 bits per heavy atom. The van der Waals surface area contributed by atoms with Gasteiger partial charge in [-0.15, -0.1) is 0 Å². The van der Waals surface area contributed by atoms with Crippen LogP contribution in [0.2, 0.25) is 0 Å². The Morgan fingerprint density at radius 3 is 2.35 bits per heavy atom. The van der Waals surface area contributed by atoms with Crippen molar-refractivity contribution in [3.63, 3.8) is 0 Å². The van der Waals surface area contributed by atoms with Gasteiger partial charge in [-0.2, -0.15) is 0 Å². The molecule has 0 bridgehead atoms. The first-order chi connectivity index (χ1) is 11.1. The molecule has 3 aromatic rings. The highest BCUT2D eigenvalue weighted by Crippen LogP contribution is 2.24. The molecule has 0 radical (unpaired) electrons. The van der Waals surface area contributed by atoms with Gasteiger partial charge in [-0.05, 0) is 61.0 Å². The summed E-state index contributed by atoms with van der Waals surface area (Å²) in [5.41, 5.74) is 2.98. The van der Waals surface area contributed by atoms with E-state index in [-0.39, 0.29) is 5.75 Å². The molecule has 2 aromatic carbocycles. The highest BCUT2D eigenvalue weighted by atomic mass is 16.3. The van der Waals surface area contributed by atoms with Crippen LogP contribution in [0.5, 0.6) is 5.75 Å². The molecular weight excluding hydrogens is 290 g/mol. The van der Waals surface area contributed by atoms with Gasteiger partial charge < -0.3 is 20.3 Å². The van der Waals surface area contributed by atoms with E-state index in [1.165, 1.54) is 0 Å². The first-order valence-corrected chi connectivity index (χ1v) is 7.23. The maximum atomic E-state index is 12.0. The third-order valence-electron chi connectivity index (χ3n) is 3.43. The molecule has 0 spiro atoms. The van der Waals surface area contributed by atoms with Crippen molar-refractivity contribution < 1.29 is 9.90 Å². The van der Waals surface area contributed by atoms with Crippen LogP contribution in [0.15, 0.2) is 67.0 Å². The molecule has 0 saturated heterocycles. The number of amides is 2. The second-order valence-electron chi connectivity index (χ2n) is 5.24. The Balaban J connectivity index is 1.66. The van der Waals surface area contributed by atoms with Gasteiger partial charge in [0, 0.05) is 23.8 Å². The number of urea groups is 1. The number of phenols is 1. The number of aromatic nitrogens is 1. The van der Waals surface area contributed by atoms with Gasteiger partial charge in [0.05, 0.1) is 5.69 Å².